The summed E-state index contributed by atoms with van der Waals surface area (Å²) in [7, 11) is -9.24. The molecule has 0 heterocycles. The number of allylic oxidation sites excluding steroid dienone is 1. The topological polar surface area (TPSA) is 168 Å². The molecular formula is C27H46O10S2. The number of aliphatic hydroxyl groups is 2. The molecule has 226 valence electrons. The smallest absolute Gasteiger partial charge is 0.396 e. The van der Waals surface area contributed by atoms with Crippen LogP contribution in [-0.4, -0.2) is 61.6 Å². The molecule has 0 radical (unpaired) electrons. The molecule has 3 saturated carbocycles. The van der Waals surface area contributed by atoms with Crippen LogP contribution in [0.5, 0.6) is 0 Å². The Labute approximate surface area is 233 Å². The zero-order chi connectivity index (χ0) is 28.8. The van der Waals surface area contributed by atoms with Gasteiger partial charge in [-0.25, -0.2) is 8.37 Å². The lowest BCUT2D eigenvalue weighted by Gasteiger charge is -2.59. The van der Waals surface area contributed by atoms with Crippen molar-refractivity contribution in [1.29, 1.82) is 0 Å². The molecule has 0 spiro atoms. The Morgan fingerprint density at radius 2 is 1.77 bits per heavy atom. The van der Waals surface area contributed by atoms with Crippen LogP contribution in [0.2, 0.25) is 0 Å². The van der Waals surface area contributed by atoms with E-state index in [0.717, 1.165) is 56.9 Å². The van der Waals surface area contributed by atoms with Gasteiger partial charge in [-0.1, -0.05) is 38.8 Å². The number of aliphatic hydroxyl groups excluding tert-OH is 2. The monoisotopic (exact) mass is 594 g/mol. The van der Waals surface area contributed by atoms with Crippen LogP contribution in [0, 0.1) is 46.3 Å². The van der Waals surface area contributed by atoms with Gasteiger partial charge in [0.2, 0.25) is 0 Å². The van der Waals surface area contributed by atoms with E-state index in [1.165, 1.54) is 0 Å². The van der Waals surface area contributed by atoms with Gasteiger partial charge in [0.05, 0.1) is 12.7 Å². The highest BCUT2D eigenvalue weighted by Crippen LogP contribution is 2.67. The molecule has 0 aromatic heterocycles. The lowest BCUT2D eigenvalue weighted by atomic mass is 9.46. The van der Waals surface area contributed by atoms with Crippen molar-refractivity contribution >= 4 is 20.8 Å². The SMILES string of the molecule is C[C@@H](CO)CCC[C@@H](COS(=O)(=O)O)[C@H]1CCC2C3CC=C4C[C@H](O)[C@@H](OS(=O)(=O)O)C[C@]4(C)C3CC[C@@]21C. The molecule has 4 rings (SSSR count). The van der Waals surface area contributed by atoms with Crippen LogP contribution in [0.1, 0.15) is 85.0 Å². The van der Waals surface area contributed by atoms with Crippen molar-refractivity contribution in [3.8, 4) is 0 Å². The van der Waals surface area contributed by atoms with Crippen LogP contribution in [0.3, 0.4) is 0 Å². The zero-order valence-electron chi connectivity index (χ0n) is 23.2. The third kappa shape index (κ3) is 6.74. The van der Waals surface area contributed by atoms with E-state index in [2.05, 4.69) is 19.9 Å². The number of fused-ring (bicyclic) bond motifs is 5. The summed E-state index contributed by atoms with van der Waals surface area (Å²) in [6, 6.07) is 0. The van der Waals surface area contributed by atoms with Gasteiger partial charge in [-0.3, -0.25) is 9.11 Å². The van der Waals surface area contributed by atoms with E-state index in [1.807, 2.05) is 6.92 Å². The molecule has 0 saturated heterocycles. The zero-order valence-corrected chi connectivity index (χ0v) is 24.9. The van der Waals surface area contributed by atoms with Crippen LogP contribution >= 0.6 is 0 Å². The first-order chi connectivity index (χ1) is 18.1. The number of hydrogen-bond acceptors (Lipinski definition) is 8. The first-order valence-corrected chi connectivity index (χ1v) is 17.1. The fraction of sp³-hybridized carbons (Fsp3) is 0.926. The summed E-state index contributed by atoms with van der Waals surface area (Å²) in [6.07, 6.45) is 8.01. The minimum Gasteiger partial charge on any atom is -0.396 e. The summed E-state index contributed by atoms with van der Waals surface area (Å²) in [5, 5.41) is 20.0. The van der Waals surface area contributed by atoms with Gasteiger partial charge in [-0.2, -0.15) is 16.8 Å². The van der Waals surface area contributed by atoms with Gasteiger partial charge in [0, 0.05) is 6.61 Å². The fourth-order valence-corrected chi connectivity index (χ4v) is 9.99. The van der Waals surface area contributed by atoms with Crippen molar-refractivity contribution < 1.29 is 44.5 Å². The summed E-state index contributed by atoms with van der Waals surface area (Å²) in [5.41, 5.74) is 0.768. The summed E-state index contributed by atoms with van der Waals surface area (Å²) >= 11 is 0. The van der Waals surface area contributed by atoms with Gasteiger partial charge in [0.1, 0.15) is 6.10 Å². The molecule has 12 heteroatoms. The average Bonchev–Trinajstić information content (AvgIpc) is 3.17. The highest BCUT2D eigenvalue weighted by Gasteiger charge is 2.60. The van der Waals surface area contributed by atoms with E-state index in [9.17, 15) is 36.2 Å². The average molecular weight is 595 g/mol. The maximum absolute atomic E-state index is 11.5. The van der Waals surface area contributed by atoms with Crippen molar-refractivity contribution in [1.82, 2.24) is 0 Å². The minimum absolute atomic E-state index is 0.0305. The third-order valence-electron chi connectivity index (χ3n) is 11.0. The van der Waals surface area contributed by atoms with E-state index in [1.54, 1.807) is 0 Å². The number of hydrogen-bond donors (Lipinski definition) is 4. The minimum atomic E-state index is -4.69. The van der Waals surface area contributed by atoms with Crippen LogP contribution < -0.4 is 0 Å². The predicted molar refractivity (Wildman–Crippen MR) is 144 cm³/mol. The van der Waals surface area contributed by atoms with Crippen LogP contribution in [0.4, 0.5) is 0 Å². The van der Waals surface area contributed by atoms with E-state index in [0.29, 0.717) is 24.7 Å². The van der Waals surface area contributed by atoms with E-state index in [-0.39, 0.29) is 47.7 Å². The maximum atomic E-state index is 11.5. The quantitative estimate of drug-likeness (QED) is 0.203. The second kappa shape index (κ2) is 11.6. The van der Waals surface area contributed by atoms with Gasteiger partial charge in [-0.05, 0) is 104 Å². The van der Waals surface area contributed by atoms with E-state index < -0.39 is 33.0 Å². The molecule has 4 aliphatic carbocycles. The van der Waals surface area contributed by atoms with Crippen molar-refractivity contribution in [2.24, 2.45) is 46.3 Å². The van der Waals surface area contributed by atoms with Gasteiger partial charge >= 0.3 is 20.8 Å². The summed E-state index contributed by atoms with van der Waals surface area (Å²) < 4.78 is 74.2. The Hall–Kier alpha value is -0.600. The molecular weight excluding hydrogens is 548 g/mol. The molecule has 0 aromatic rings. The second-order valence-corrected chi connectivity index (χ2v) is 15.4. The third-order valence-corrected chi connectivity index (χ3v) is 11.9. The first kappa shape index (κ1) is 31.3. The van der Waals surface area contributed by atoms with Crippen LogP contribution in [-0.2, 0) is 29.2 Å². The Balaban J connectivity index is 1.54. The second-order valence-electron chi connectivity index (χ2n) is 13.2. The molecule has 10 nitrogen and oxygen atoms in total. The molecule has 10 atom stereocenters. The summed E-state index contributed by atoms with van der Waals surface area (Å²) in [5.74, 6) is 1.41. The van der Waals surface area contributed by atoms with E-state index in [4.69, 9.17) is 8.37 Å². The molecule has 0 bridgehead atoms. The Morgan fingerprint density at radius 1 is 1.05 bits per heavy atom. The van der Waals surface area contributed by atoms with Crippen molar-refractivity contribution in [2.75, 3.05) is 13.2 Å². The lowest BCUT2D eigenvalue weighted by molar-refractivity contribution is -0.0854. The molecule has 39 heavy (non-hydrogen) atoms. The van der Waals surface area contributed by atoms with Gasteiger partial charge in [0.15, 0.2) is 0 Å². The van der Waals surface area contributed by atoms with Gasteiger partial charge < -0.3 is 10.2 Å². The maximum Gasteiger partial charge on any atom is 0.397 e. The van der Waals surface area contributed by atoms with Crippen molar-refractivity contribution in [3.05, 3.63) is 11.6 Å². The fourth-order valence-electron chi connectivity index (χ4n) is 9.13. The Morgan fingerprint density at radius 3 is 2.41 bits per heavy atom. The molecule has 3 fully saturated rings. The number of rotatable bonds is 11. The normalized spacial score (nSPS) is 40.2. The van der Waals surface area contributed by atoms with Gasteiger partial charge in [-0.15, -0.1) is 0 Å². The van der Waals surface area contributed by atoms with Crippen LogP contribution in [0.25, 0.3) is 0 Å². The summed E-state index contributed by atoms with van der Waals surface area (Å²) in [6.45, 7) is 6.50. The van der Waals surface area contributed by atoms with E-state index >= 15 is 0 Å². The summed E-state index contributed by atoms with van der Waals surface area (Å²) in [4.78, 5) is 0. The highest BCUT2D eigenvalue weighted by molar-refractivity contribution is 7.81. The standard InChI is InChI=1S/C27H46O10S2/c1-17(15-28)5-4-6-18(16-36-38(30,31)32)21-9-10-22-20-8-7-19-13-24(29)25(37-39(33,34)35)14-27(19,3)23(20)11-12-26(21,22)2/h7,17-18,20-25,28-29H,4-6,8-16H2,1-3H3,(H,30,31,32)(H,33,34,35)/t17-,18+,20?,21-,22?,23?,24+,25+,26-,27+/m1/s1. The Kier molecular flexibility index (Phi) is 9.31. The van der Waals surface area contributed by atoms with Gasteiger partial charge in [0.25, 0.3) is 0 Å². The molecule has 3 unspecified atom stereocenters. The first-order valence-electron chi connectivity index (χ1n) is 14.3. The van der Waals surface area contributed by atoms with Crippen molar-refractivity contribution in [2.45, 2.75) is 97.2 Å². The molecule has 0 amide bonds. The van der Waals surface area contributed by atoms with Crippen LogP contribution in [0.15, 0.2) is 11.6 Å². The largest absolute Gasteiger partial charge is 0.397 e. The highest BCUT2D eigenvalue weighted by atomic mass is 32.3. The predicted octanol–water partition coefficient (Wildman–Crippen LogP) is 3.96. The van der Waals surface area contributed by atoms with Crippen molar-refractivity contribution in [3.63, 3.8) is 0 Å². The molecule has 0 aliphatic heterocycles. The molecule has 0 aromatic carbocycles. The molecule has 4 aliphatic rings. The Bertz CT molecular complexity index is 1120. The molecule has 4 N–H and O–H groups in total. The lowest BCUT2D eigenvalue weighted by Crippen LogP contribution is -2.54.